The molecule has 0 aliphatic carbocycles. The molecule has 0 bridgehead atoms. The fraction of sp³-hybridized carbons (Fsp3) is 0.286. The molecule has 2 rings (SSSR count). The van der Waals surface area contributed by atoms with Crippen molar-refractivity contribution in [1.82, 2.24) is 9.78 Å². The van der Waals surface area contributed by atoms with E-state index in [2.05, 4.69) is 10.00 Å². The lowest BCUT2D eigenvalue weighted by Gasteiger charge is -2.22. The van der Waals surface area contributed by atoms with Gasteiger partial charge in [0.05, 0.1) is 6.20 Å². The van der Waals surface area contributed by atoms with Gasteiger partial charge in [0.1, 0.15) is 5.84 Å². The fourth-order valence-corrected chi connectivity index (χ4v) is 2.10. The number of aryl methyl sites for hydroxylation is 2. The SMILES string of the molecule is Cc1ccc(C(=N)N)c(N(C)Cc2cnn(C)c2)c1. The first kappa shape index (κ1) is 13.1. The Labute approximate surface area is 113 Å². The number of hydrogen-bond donors (Lipinski definition) is 2. The van der Waals surface area contributed by atoms with Crippen LogP contribution in [0.1, 0.15) is 16.7 Å². The van der Waals surface area contributed by atoms with Crippen LogP contribution in [-0.4, -0.2) is 22.7 Å². The summed E-state index contributed by atoms with van der Waals surface area (Å²) >= 11 is 0. The Kier molecular flexibility index (Phi) is 3.55. The molecule has 0 atom stereocenters. The van der Waals surface area contributed by atoms with E-state index in [9.17, 15) is 0 Å². The first-order valence-electron chi connectivity index (χ1n) is 6.11. The van der Waals surface area contributed by atoms with Crippen molar-refractivity contribution >= 4 is 11.5 Å². The monoisotopic (exact) mass is 257 g/mol. The van der Waals surface area contributed by atoms with E-state index in [0.717, 1.165) is 28.9 Å². The summed E-state index contributed by atoms with van der Waals surface area (Å²) in [6, 6.07) is 5.91. The zero-order valence-corrected chi connectivity index (χ0v) is 11.5. The molecular formula is C14H19N5. The van der Waals surface area contributed by atoms with Gasteiger partial charge in [0.2, 0.25) is 0 Å². The summed E-state index contributed by atoms with van der Waals surface area (Å²) in [6.07, 6.45) is 3.83. The van der Waals surface area contributed by atoms with E-state index in [1.165, 1.54) is 0 Å². The highest BCUT2D eigenvalue weighted by molar-refractivity contribution is 6.00. The minimum Gasteiger partial charge on any atom is -0.384 e. The Morgan fingerprint density at radius 2 is 2.21 bits per heavy atom. The van der Waals surface area contributed by atoms with Crippen molar-refractivity contribution in [1.29, 1.82) is 5.41 Å². The zero-order valence-electron chi connectivity index (χ0n) is 11.5. The number of nitrogen functional groups attached to an aromatic ring is 1. The molecule has 100 valence electrons. The number of nitrogens with two attached hydrogens (primary N) is 1. The first-order valence-corrected chi connectivity index (χ1v) is 6.11. The van der Waals surface area contributed by atoms with E-state index in [-0.39, 0.29) is 5.84 Å². The highest BCUT2D eigenvalue weighted by Gasteiger charge is 2.11. The summed E-state index contributed by atoms with van der Waals surface area (Å²) in [5, 5.41) is 11.8. The number of nitrogens with one attached hydrogen (secondary N) is 1. The van der Waals surface area contributed by atoms with Crippen LogP contribution in [0.25, 0.3) is 0 Å². The standard InChI is InChI=1S/C14H19N5/c1-10-4-5-12(14(15)16)13(6-10)18(2)8-11-7-17-19(3)9-11/h4-7,9H,8H2,1-3H3,(H3,15,16). The lowest BCUT2D eigenvalue weighted by molar-refractivity contribution is 0.766. The quantitative estimate of drug-likeness (QED) is 0.646. The van der Waals surface area contributed by atoms with E-state index in [4.69, 9.17) is 11.1 Å². The average Bonchev–Trinajstić information content (AvgIpc) is 2.74. The predicted octanol–water partition coefficient (Wildman–Crippen LogP) is 1.65. The lowest BCUT2D eigenvalue weighted by Crippen LogP contribution is -2.22. The molecule has 1 aromatic heterocycles. The molecule has 2 aromatic rings. The Morgan fingerprint density at radius 1 is 1.47 bits per heavy atom. The van der Waals surface area contributed by atoms with Gasteiger partial charge in [0.25, 0.3) is 0 Å². The maximum Gasteiger partial charge on any atom is 0.124 e. The second-order valence-electron chi connectivity index (χ2n) is 4.81. The Hall–Kier alpha value is -2.30. The van der Waals surface area contributed by atoms with Gasteiger partial charge in [-0.2, -0.15) is 5.10 Å². The Bertz CT molecular complexity index is 600. The van der Waals surface area contributed by atoms with Gasteiger partial charge in [-0.05, 0) is 24.6 Å². The highest BCUT2D eigenvalue weighted by Crippen LogP contribution is 2.22. The van der Waals surface area contributed by atoms with Crippen LogP contribution in [0.3, 0.4) is 0 Å². The topological polar surface area (TPSA) is 70.9 Å². The lowest BCUT2D eigenvalue weighted by atomic mass is 10.1. The molecule has 3 N–H and O–H groups in total. The van der Waals surface area contributed by atoms with Crippen LogP contribution in [0.15, 0.2) is 30.6 Å². The molecule has 1 aromatic carbocycles. The van der Waals surface area contributed by atoms with E-state index >= 15 is 0 Å². The van der Waals surface area contributed by atoms with E-state index in [1.807, 2.05) is 51.6 Å². The summed E-state index contributed by atoms with van der Waals surface area (Å²) < 4.78 is 1.78. The molecular weight excluding hydrogens is 238 g/mol. The van der Waals surface area contributed by atoms with Crippen molar-refractivity contribution in [3.8, 4) is 0 Å². The van der Waals surface area contributed by atoms with Crippen LogP contribution < -0.4 is 10.6 Å². The molecule has 0 aliphatic rings. The third kappa shape index (κ3) is 2.93. The number of hydrogen-bond acceptors (Lipinski definition) is 3. The predicted molar refractivity (Wildman–Crippen MR) is 77.5 cm³/mol. The molecule has 0 spiro atoms. The Morgan fingerprint density at radius 3 is 2.79 bits per heavy atom. The van der Waals surface area contributed by atoms with Gasteiger partial charge in [-0.15, -0.1) is 0 Å². The maximum atomic E-state index is 7.66. The number of amidine groups is 1. The molecule has 0 radical (unpaired) electrons. The molecule has 5 heteroatoms. The van der Waals surface area contributed by atoms with Crippen LogP contribution in [0.4, 0.5) is 5.69 Å². The average molecular weight is 257 g/mol. The maximum absolute atomic E-state index is 7.66. The van der Waals surface area contributed by atoms with Gasteiger partial charge in [-0.1, -0.05) is 6.07 Å². The summed E-state index contributed by atoms with van der Waals surface area (Å²) in [5.41, 5.74) is 9.65. The van der Waals surface area contributed by atoms with Gasteiger partial charge in [-0.25, -0.2) is 0 Å². The number of benzene rings is 1. The van der Waals surface area contributed by atoms with Gasteiger partial charge in [0, 0.05) is 43.7 Å². The molecule has 19 heavy (non-hydrogen) atoms. The van der Waals surface area contributed by atoms with Crippen LogP contribution in [0.2, 0.25) is 0 Å². The van der Waals surface area contributed by atoms with Gasteiger partial charge < -0.3 is 10.6 Å². The van der Waals surface area contributed by atoms with Gasteiger partial charge in [-0.3, -0.25) is 10.1 Å². The van der Waals surface area contributed by atoms with Crippen LogP contribution in [-0.2, 0) is 13.6 Å². The number of rotatable bonds is 4. The number of nitrogens with zero attached hydrogens (tertiary/aromatic N) is 3. The molecule has 0 saturated carbocycles. The largest absolute Gasteiger partial charge is 0.384 e. The smallest absolute Gasteiger partial charge is 0.124 e. The molecule has 0 saturated heterocycles. The van der Waals surface area contributed by atoms with Crippen LogP contribution in [0.5, 0.6) is 0 Å². The van der Waals surface area contributed by atoms with Crippen molar-refractivity contribution in [2.75, 3.05) is 11.9 Å². The molecule has 0 amide bonds. The van der Waals surface area contributed by atoms with Crippen molar-refractivity contribution in [3.05, 3.63) is 47.3 Å². The Balaban J connectivity index is 2.29. The molecule has 0 aliphatic heterocycles. The second-order valence-corrected chi connectivity index (χ2v) is 4.81. The number of anilines is 1. The molecule has 1 heterocycles. The summed E-state index contributed by atoms with van der Waals surface area (Å²) in [6.45, 7) is 2.77. The molecule has 0 fully saturated rings. The third-order valence-corrected chi connectivity index (χ3v) is 3.03. The molecule has 5 nitrogen and oxygen atoms in total. The van der Waals surface area contributed by atoms with Crippen molar-refractivity contribution in [2.24, 2.45) is 12.8 Å². The normalized spacial score (nSPS) is 10.5. The van der Waals surface area contributed by atoms with Gasteiger partial charge >= 0.3 is 0 Å². The van der Waals surface area contributed by atoms with Crippen molar-refractivity contribution in [2.45, 2.75) is 13.5 Å². The molecule has 0 unspecified atom stereocenters. The fourth-order valence-electron chi connectivity index (χ4n) is 2.10. The van der Waals surface area contributed by atoms with E-state index < -0.39 is 0 Å². The first-order chi connectivity index (χ1) is 8.97. The highest BCUT2D eigenvalue weighted by atomic mass is 15.2. The second kappa shape index (κ2) is 5.14. The minimum absolute atomic E-state index is 0.0908. The minimum atomic E-state index is 0.0908. The summed E-state index contributed by atoms with van der Waals surface area (Å²) in [5.74, 6) is 0.0908. The van der Waals surface area contributed by atoms with Crippen molar-refractivity contribution < 1.29 is 0 Å². The van der Waals surface area contributed by atoms with Gasteiger partial charge in [0.15, 0.2) is 0 Å². The van der Waals surface area contributed by atoms with Crippen LogP contribution >= 0.6 is 0 Å². The zero-order chi connectivity index (χ0) is 14.0. The van der Waals surface area contributed by atoms with E-state index in [1.54, 1.807) is 4.68 Å². The van der Waals surface area contributed by atoms with Crippen LogP contribution in [0, 0.1) is 12.3 Å². The summed E-state index contributed by atoms with van der Waals surface area (Å²) in [7, 11) is 3.89. The van der Waals surface area contributed by atoms with E-state index in [0.29, 0.717) is 0 Å². The number of aromatic nitrogens is 2. The third-order valence-electron chi connectivity index (χ3n) is 3.03. The van der Waals surface area contributed by atoms with Crippen molar-refractivity contribution in [3.63, 3.8) is 0 Å². The summed E-state index contributed by atoms with van der Waals surface area (Å²) in [4.78, 5) is 2.08.